The number of amides is 1. The number of pyridine rings is 1. The highest BCUT2D eigenvalue weighted by Gasteiger charge is 2.24. The monoisotopic (exact) mass is 565 g/mol. The maximum Gasteiger partial charge on any atom is 0.262 e. The van der Waals surface area contributed by atoms with Crippen LogP contribution >= 0.6 is 22.9 Å². The highest BCUT2D eigenvalue weighted by molar-refractivity contribution is 7.24. The zero-order valence-electron chi connectivity index (χ0n) is 22.0. The Labute approximate surface area is 234 Å². The zero-order chi connectivity index (χ0) is 27.7. The number of benzene rings is 2. The van der Waals surface area contributed by atoms with Crippen LogP contribution in [-0.4, -0.2) is 33.6 Å². The number of anilines is 2. The topological polar surface area (TPSA) is 79.6 Å². The van der Waals surface area contributed by atoms with Gasteiger partial charge in [-0.15, -0.1) is 21.5 Å². The minimum atomic E-state index is -0.715. The molecule has 1 atom stereocenters. The first kappa shape index (κ1) is 27.0. The predicted molar refractivity (Wildman–Crippen MR) is 158 cm³/mol. The minimum Gasteiger partial charge on any atom is -0.355 e. The number of aromatic nitrogens is 3. The van der Waals surface area contributed by atoms with Gasteiger partial charge in [-0.3, -0.25) is 14.0 Å². The van der Waals surface area contributed by atoms with Crippen molar-refractivity contribution in [3.05, 3.63) is 75.2 Å². The van der Waals surface area contributed by atoms with Crippen LogP contribution in [-0.2, 0) is 0 Å². The van der Waals surface area contributed by atoms with Crippen molar-refractivity contribution >= 4 is 66.4 Å². The molecular formula is C29H29ClFN5O2S. The number of rotatable bonds is 9. The van der Waals surface area contributed by atoms with Crippen molar-refractivity contribution < 1.29 is 9.18 Å². The third-order valence-electron chi connectivity index (χ3n) is 6.98. The van der Waals surface area contributed by atoms with E-state index in [-0.39, 0.29) is 21.7 Å². The maximum atomic E-state index is 14.5. The van der Waals surface area contributed by atoms with E-state index in [1.54, 1.807) is 10.5 Å². The molecule has 10 heteroatoms. The number of thiazole rings is 1. The van der Waals surface area contributed by atoms with Gasteiger partial charge in [0.1, 0.15) is 16.2 Å². The van der Waals surface area contributed by atoms with Gasteiger partial charge in [0.25, 0.3) is 5.91 Å². The molecule has 1 amide bonds. The fourth-order valence-corrected chi connectivity index (χ4v) is 5.98. The van der Waals surface area contributed by atoms with Gasteiger partial charge in [0.05, 0.1) is 21.3 Å². The molecule has 0 aliphatic heterocycles. The van der Waals surface area contributed by atoms with Crippen LogP contribution in [0.4, 0.5) is 15.9 Å². The minimum absolute atomic E-state index is 0.0799. The van der Waals surface area contributed by atoms with E-state index >= 15 is 0 Å². The van der Waals surface area contributed by atoms with Crippen LogP contribution < -0.4 is 15.6 Å². The van der Waals surface area contributed by atoms with Gasteiger partial charge < -0.3 is 10.2 Å². The molecule has 0 fully saturated rings. The fourth-order valence-electron chi connectivity index (χ4n) is 4.62. The molecule has 7 nitrogen and oxygen atoms in total. The van der Waals surface area contributed by atoms with Gasteiger partial charge >= 0.3 is 0 Å². The molecule has 3 aromatic heterocycles. The third kappa shape index (κ3) is 5.21. The third-order valence-corrected chi connectivity index (χ3v) is 8.36. The second-order valence-electron chi connectivity index (χ2n) is 9.72. The summed E-state index contributed by atoms with van der Waals surface area (Å²) in [5.74, 6) is -0.211. The molecule has 2 aromatic carbocycles. The standard InChI is InChI=1S/C29H29ClFN5O2S/c1-4-13-35(14-12-17(3)5-2)24-16-19-26(37)25(28(38)32-21-15-18(30)10-11-20(21)31)29-36(27(19)34-33-24)22-8-6-7-9-23(22)39-29/h6-11,15-17H,4-5,12-14H2,1-3H3,(H,32,38). The molecule has 0 saturated carbocycles. The van der Waals surface area contributed by atoms with Crippen LogP contribution in [0.2, 0.25) is 5.02 Å². The first-order chi connectivity index (χ1) is 18.8. The van der Waals surface area contributed by atoms with E-state index in [2.05, 4.69) is 41.2 Å². The molecule has 0 radical (unpaired) electrons. The summed E-state index contributed by atoms with van der Waals surface area (Å²) in [7, 11) is 0. The molecule has 0 aliphatic rings. The van der Waals surface area contributed by atoms with Crippen molar-refractivity contribution in [1.82, 2.24) is 14.6 Å². The Kier molecular flexibility index (Phi) is 7.81. The van der Waals surface area contributed by atoms with Crippen molar-refractivity contribution in [3.8, 4) is 0 Å². The normalized spacial score (nSPS) is 12.3. The van der Waals surface area contributed by atoms with Crippen LogP contribution in [0.15, 0.2) is 53.3 Å². The summed E-state index contributed by atoms with van der Waals surface area (Å²) in [5, 5.41) is 12.1. The SMILES string of the molecule is CCCN(CCC(C)CC)c1cc2c(=O)c(C(=O)Nc3cc(Cl)ccc3F)c3sc4ccccc4n3c2nn1. The number of nitrogens with one attached hydrogen (secondary N) is 1. The summed E-state index contributed by atoms with van der Waals surface area (Å²) >= 11 is 7.33. The van der Waals surface area contributed by atoms with E-state index in [0.717, 1.165) is 42.6 Å². The quantitative estimate of drug-likeness (QED) is 0.205. The first-order valence-corrected chi connectivity index (χ1v) is 14.3. The number of halogens is 2. The molecule has 39 heavy (non-hydrogen) atoms. The number of para-hydroxylation sites is 1. The molecule has 0 spiro atoms. The lowest BCUT2D eigenvalue weighted by Crippen LogP contribution is -2.28. The molecule has 5 aromatic rings. The Balaban J connectivity index is 1.71. The Morgan fingerprint density at radius 3 is 2.72 bits per heavy atom. The van der Waals surface area contributed by atoms with Crippen LogP contribution in [0.3, 0.4) is 0 Å². The lowest BCUT2D eigenvalue weighted by molar-refractivity contribution is 0.102. The van der Waals surface area contributed by atoms with Gasteiger partial charge in [-0.2, -0.15) is 0 Å². The van der Waals surface area contributed by atoms with Crippen LogP contribution in [0, 0.1) is 11.7 Å². The highest BCUT2D eigenvalue weighted by atomic mass is 35.5. The smallest absolute Gasteiger partial charge is 0.262 e. The van der Waals surface area contributed by atoms with E-state index in [0.29, 0.717) is 22.2 Å². The zero-order valence-corrected chi connectivity index (χ0v) is 23.6. The summed E-state index contributed by atoms with van der Waals surface area (Å²) in [6.45, 7) is 8.04. The Bertz CT molecular complexity index is 1750. The first-order valence-electron chi connectivity index (χ1n) is 13.1. The van der Waals surface area contributed by atoms with E-state index in [9.17, 15) is 14.0 Å². The van der Waals surface area contributed by atoms with E-state index in [4.69, 9.17) is 11.6 Å². The number of hydrogen-bond acceptors (Lipinski definition) is 6. The average Bonchev–Trinajstić information content (AvgIpc) is 3.32. The number of fused-ring (bicyclic) bond motifs is 5. The Hall–Kier alpha value is -3.56. The molecule has 0 bridgehead atoms. The second-order valence-corrected chi connectivity index (χ2v) is 11.2. The van der Waals surface area contributed by atoms with E-state index in [1.807, 2.05) is 24.3 Å². The number of carbonyl (C=O) groups is 1. The summed E-state index contributed by atoms with van der Waals surface area (Å²) < 4.78 is 17.1. The van der Waals surface area contributed by atoms with Crippen molar-refractivity contribution in [3.63, 3.8) is 0 Å². The number of carbonyl (C=O) groups excluding carboxylic acids is 1. The molecule has 0 saturated heterocycles. The van der Waals surface area contributed by atoms with Crippen LogP contribution in [0.25, 0.3) is 26.1 Å². The fraction of sp³-hybridized carbons (Fsp3) is 0.310. The molecule has 202 valence electrons. The molecule has 3 heterocycles. The van der Waals surface area contributed by atoms with E-state index < -0.39 is 17.2 Å². The molecule has 5 rings (SSSR count). The maximum absolute atomic E-state index is 14.5. The lowest BCUT2D eigenvalue weighted by Gasteiger charge is -2.24. The van der Waals surface area contributed by atoms with Gasteiger partial charge in [0.15, 0.2) is 11.5 Å². The lowest BCUT2D eigenvalue weighted by atomic mass is 10.1. The van der Waals surface area contributed by atoms with Crippen molar-refractivity contribution in [1.29, 1.82) is 0 Å². The molecular weight excluding hydrogens is 537 g/mol. The van der Waals surface area contributed by atoms with Crippen LogP contribution in [0.5, 0.6) is 0 Å². The van der Waals surface area contributed by atoms with Gasteiger partial charge in [-0.1, -0.05) is 50.9 Å². The summed E-state index contributed by atoms with van der Waals surface area (Å²) in [6, 6.07) is 13.2. The number of hydrogen-bond donors (Lipinski definition) is 1. The average molecular weight is 566 g/mol. The Morgan fingerprint density at radius 1 is 1.15 bits per heavy atom. The summed E-state index contributed by atoms with van der Waals surface area (Å²) in [5.41, 5.74) is 0.517. The molecule has 1 unspecified atom stereocenters. The summed E-state index contributed by atoms with van der Waals surface area (Å²) in [4.78, 5) is 30.1. The second kappa shape index (κ2) is 11.3. The van der Waals surface area contributed by atoms with Gasteiger partial charge in [0.2, 0.25) is 5.43 Å². The van der Waals surface area contributed by atoms with Crippen molar-refractivity contribution in [2.45, 2.75) is 40.0 Å². The molecule has 1 N–H and O–H groups in total. The van der Waals surface area contributed by atoms with Crippen molar-refractivity contribution in [2.24, 2.45) is 5.92 Å². The summed E-state index contributed by atoms with van der Waals surface area (Å²) in [6.07, 6.45) is 2.98. The van der Waals surface area contributed by atoms with Gasteiger partial charge in [0, 0.05) is 18.1 Å². The van der Waals surface area contributed by atoms with Gasteiger partial charge in [-0.05, 0) is 55.2 Å². The predicted octanol–water partition coefficient (Wildman–Crippen LogP) is 7.15. The molecule has 0 aliphatic carbocycles. The largest absolute Gasteiger partial charge is 0.355 e. The number of nitrogens with zero attached hydrogens (tertiary/aromatic N) is 4. The Morgan fingerprint density at radius 2 is 1.95 bits per heavy atom. The van der Waals surface area contributed by atoms with Gasteiger partial charge in [-0.25, -0.2) is 4.39 Å². The highest BCUT2D eigenvalue weighted by Crippen LogP contribution is 2.32. The van der Waals surface area contributed by atoms with Crippen LogP contribution in [0.1, 0.15) is 50.4 Å². The van der Waals surface area contributed by atoms with Crippen molar-refractivity contribution in [2.75, 3.05) is 23.3 Å². The van der Waals surface area contributed by atoms with E-state index in [1.165, 1.54) is 29.5 Å².